The molecule has 146 valence electrons. The molecule has 8 heteroatoms. The number of esters is 1. The van der Waals surface area contributed by atoms with Gasteiger partial charge in [0.1, 0.15) is 0 Å². The normalized spacial score (nSPS) is 20.9. The predicted molar refractivity (Wildman–Crippen MR) is 94.9 cm³/mol. The van der Waals surface area contributed by atoms with Gasteiger partial charge in [0.2, 0.25) is 0 Å². The lowest BCUT2D eigenvalue weighted by Crippen LogP contribution is -2.29. The topological polar surface area (TPSA) is 66.4 Å². The van der Waals surface area contributed by atoms with E-state index in [2.05, 4.69) is 9.89 Å². The number of carbonyl (C=O) groups is 1. The Kier molecular flexibility index (Phi) is 4.95. The molecule has 0 radical (unpaired) electrons. The van der Waals surface area contributed by atoms with Crippen molar-refractivity contribution in [2.24, 2.45) is 5.16 Å². The van der Waals surface area contributed by atoms with Crippen molar-refractivity contribution in [3.05, 3.63) is 59.7 Å². The van der Waals surface area contributed by atoms with Crippen LogP contribution in [0.2, 0.25) is 0 Å². The average molecular weight is 389 g/mol. The fraction of sp³-hybridized carbons (Fsp3) is 0.300. The van der Waals surface area contributed by atoms with Crippen molar-refractivity contribution in [3.63, 3.8) is 0 Å². The number of rotatable bonds is 5. The molecule has 1 fully saturated rings. The summed E-state index contributed by atoms with van der Waals surface area (Å²) >= 11 is 0. The summed E-state index contributed by atoms with van der Waals surface area (Å²) in [6.07, 6.45) is 1.25. The maximum absolute atomic E-state index is 12.7. The molecular formula is C20H17F2NO5. The van der Waals surface area contributed by atoms with Gasteiger partial charge in [0.05, 0.1) is 24.5 Å². The third-order valence-electron chi connectivity index (χ3n) is 4.61. The minimum absolute atomic E-state index is 0.113. The number of oxime groups is 1. The summed E-state index contributed by atoms with van der Waals surface area (Å²) in [5.74, 6) is -1.03. The molecule has 2 aliphatic heterocycles. The van der Waals surface area contributed by atoms with Crippen LogP contribution >= 0.6 is 0 Å². The molecule has 0 aliphatic carbocycles. The maximum Gasteiger partial charge on any atom is 0.387 e. The van der Waals surface area contributed by atoms with Crippen molar-refractivity contribution in [1.29, 1.82) is 0 Å². The van der Waals surface area contributed by atoms with Crippen LogP contribution in [-0.2, 0) is 9.57 Å². The Morgan fingerprint density at radius 3 is 2.68 bits per heavy atom. The van der Waals surface area contributed by atoms with E-state index in [1.807, 2.05) is 0 Å². The summed E-state index contributed by atoms with van der Waals surface area (Å²) in [5, 5.41) is 4.12. The number of alkyl halides is 2. The molecule has 6 nitrogen and oxygen atoms in total. The molecule has 0 N–H and O–H groups in total. The first-order valence-electron chi connectivity index (χ1n) is 8.74. The van der Waals surface area contributed by atoms with E-state index in [0.717, 1.165) is 6.42 Å². The highest BCUT2D eigenvalue weighted by molar-refractivity contribution is 6.02. The Labute approximate surface area is 159 Å². The number of hydrogen-bond donors (Lipinski definition) is 0. The number of hydrogen-bond acceptors (Lipinski definition) is 6. The molecule has 2 aromatic carbocycles. The molecule has 2 heterocycles. The van der Waals surface area contributed by atoms with Gasteiger partial charge in [-0.3, -0.25) is 0 Å². The summed E-state index contributed by atoms with van der Waals surface area (Å²) in [6.45, 7) is -2.00. The summed E-state index contributed by atoms with van der Waals surface area (Å²) in [4.78, 5) is 17.9. The molecule has 1 atom stereocenters. The van der Waals surface area contributed by atoms with E-state index in [1.54, 1.807) is 36.4 Å². The van der Waals surface area contributed by atoms with Crippen molar-refractivity contribution in [3.8, 4) is 11.5 Å². The van der Waals surface area contributed by atoms with Gasteiger partial charge in [0.15, 0.2) is 17.1 Å². The number of carbonyl (C=O) groups excluding carboxylic acids is 1. The van der Waals surface area contributed by atoms with E-state index in [9.17, 15) is 13.6 Å². The van der Waals surface area contributed by atoms with Crippen LogP contribution in [0, 0.1) is 0 Å². The third kappa shape index (κ3) is 3.82. The molecule has 0 aromatic heterocycles. The van der Waals surface area contributed by atoms with Crippen LogP contribution in [0.25, 0.3) is 0 Å². The lowest BCUT2D eigenvalue weighted by Gasteiger charge is -2.17. The molecule has 1 saturated heterocycles. The van der Waals surface area contributed by atoms with Crippen LogP contribution in [0.5, 0.6) is 11.5 Å². The summed E-state index contributed by atoms with van der Waals surface area (Å²) in [5.41, 5.74) is 1.04. The molecule has 0 saturated carbocycles. The van der Waals surface area contributed by atoms with Gasteiger partial charge in [-0.25, -0.2) is 4.79 Å². The summed E-state index contributed by atoms with van der Waals surface area (Å²) in [7, 11) is 0. The number of nitrogens with zero attached hydrogens (tertiary/aromatic N) is 1. The second-order valence-electron chi connectivity index (χ2n) is 6.59. The van der Waals surface area contributed by atoms with Crippen molar-refractivity contribution in [2.75, 3.05) is 13.2 Å². The number of halogens is 2. The van der Waals surface area contributed by atoms with Gasteiger partial charge in [0, 0.05) is 18.4 Å². The van der Waals surface area contributed by atoms with Crippen molar-refractivity contribution in [1.82, 2.24) is 0 Å². The average Bonchev–Trinajstić information content (AvgIpc) is 3.33. The minimum Gasteiger partial charge on any atom is -0.431 e. The Morgan fingerprint density at radius 2 is 1.96 bits per heavy atom. The van der Waals surface area contributed by atoms with Gasteiger partial charge >= 0.3 is 12.6 Å². The van der Waals surface area contributed by atoms with Crippen LogP contribution in [0.1, 0.15) is 28.8 Å². The van der Waals surface area contributed by atoms with Crippen LogP contribution in [-0.4, -0.2) is 37.1 Å². The zero-order chi connectivity index (χ0) is 19.6. The molecule has 4 rings (SSSR count). The molecule has 1 unspecified atom stereocenters. The maximum atomic E-state index is 12.7. The predicted octanol–water partition coefficient (Wildman–Crippen LogP) is 3.79. The molecule has 0 amide bonds. The zero-order valence-electron chi connectivity index (χ0n) is 14.8. The van der Waals surface area contributed by atoms with E-state index in [4.69, 9.17) is 14.3 Å². The first-order chi connectivity index (χ1) is 13.5. The van der Waals surface area contributed by atoms with Gasteiger partial charge in [-0.1, -0.05) is 23.4 Å². The fourth-order valence-electron chi connectivity index (χ4n) is 3.17. The van der Waals surface area contributed by atoms with E-state index in [0.29, 0.717) is 36.5 Å². The highest BCUT2D eigenvalue weighted by Gasteiger charge is 2.43. The Balaban J connectivity index is 1.59. The number of ether oxygens (including phenoxy) is 3. The Bertz CT molecular complexity index is 895. The van der Waals surface area contributed by atoms with E-state index < -0.39 is 18.2 Å². The lowest BCUT2D eigenvalue weighted by molar-refractivity contribution is -0.0512. The van der Waals surface area contributed by atoms with Crippen LogP contribution in [0.15, 0.2) is 53.7 Å². The fourth-order valence-corrected chi connectivity index (χ4v) is 3.17. The summed E-state index contributed by atoms with van der Waals surface area (Å²) in [6, 6.07) is 12.6. The van der Waals surface area contributed by atoms with Crippen LogP contribution < -0.4 is 9.47 Å². The van der Waals surface area contributed by atoms with Gasteiger partial charge < -0.3 is 19.0 Å². The first kappa shape index (κ1) is 18.4. The Morgan fingerprint density at radius 1 is 1.14 bits per heavy atom. The van der Waals surface area contributed by atoms with Gasteiger partial charge in [-0.05, 0) is 30.3 Å². The molecule has 2 aliphatic rings. The smallest absolute Gasteiger partial charge is 0.387 e. The minimum atomic E-state index is -3.05. The molecule has 2 aromatic rings. The van der Waals surface area contributed by atoms with E-state index in [1.165, 1.54) is 12.1 Å². The van der Waals surface area contributed by atoms with Crippen molar-refractivity contribution < 1.29 is 32.6 Å². The van der Waals surface area contributed by atoms with E-state index >= 15 is 0 Å². The summed E-state index contributed by atoms with van der Waals surface area (Å²) < 4.78 is 40.7. The number of benzene rings is 2. The second kappa shape index (κ2) is 7.55. The standard InChI is InChI=1S/C20H17F2NO5/c21-19(22)27-16-7-6-14(15-11-20(28-23-15)8-9-25-12-20)10-17(16)26-18(24)13-4-2-1-3-5-13/h1-7,10,19H,8-9,11-12H2. The van der Waals surface area contributed by atoms with Crippen molar-refractivity contribution in [2.45, 2.75) is 25.1 Å². The highest BCUT2D eigenvalue weighted by Crippen LogP contribution is 2.36. The van der Waals surface area contributed by atoms with E-state index in [-0.39, 0.29) is 11.5 Å². The molecular weight excluding hydrogens is 372 g/mol. The molecule has 1 spiro atoms. The molecule has 0 bridgehead atoms. The largest absolute Gasteiger partial charge is 0.431 e. The SMILES string of the molecule is O=C(Oc1cc(C2=NOC3(CCOC3)C2)ccc1OC(F)F)c1ccccc1. The lowest BCUT2D eigenvalue weighted by atomic mass is 9.93. The first-order valence-corrected chi connectivity index (χ1v) is 8.74. The van der Waals surface area contributed by atoms with Gasteiger partial charge in [-0.2, -0.15) is 8.78 Å². The van der Waals surface area contributed by atoms with Gasteiger partial charge in [-0.15, -0.1) is 0 Å². The quantitative estimate of drug-likeness (QED) is 0.575. The highest BCUT2D eigenvalue weighted by atomic mass is 19.3. The van der Waals surface area contributed by atoms with Crippen LogP contribution in [0.3, 0.4) is 0 Å². The monoisotopic (exact) mass is 389 g/mol. The molecule has 28 heavy (non-hydrogen) atoms. The van der Waals surface area contributed by atoms with Gasteiger partial charge in [0.25, 0.3) is 0 Å². The third-order valence-corrected chi connectivity index (χ3v) is 4.61. The second-order valence-corrected chi connectivity index (χ2v) is 6.59. The van der Waals surface area contributed by atoms with Crippen LogP contribution in [0.4, 0.5) is 8.78 Å². The zero-order valence-corrected chi connectivity index (χ0v) is 14.8. The van der Waals surface area contributed by atoms with Crippen molar-refractivity contribution >= 4 is 11.7 Å². The Hall–Kier alpha value is -3.00.